The molecule has 0 unspecified atom stereocenters. The number of hydrogen-bond donors (Lipinski definition) is 2. The summed E-state index contributed by atoms with van der Waals surface area (Å²) in [5, 5.41) is 3.51. The number of anilines is 1. The zero-order valence-electron chi connectivity index (χ0n) is 11.6. The first-order valence-corrected chi connectivity index (χ1v) is 6.84. The van der Waals surface area contributed by atoms with Crippen LogP contribution in [0, 0.1) is 18.8 Å². The van der Waals surface area contributed by atoms with Crippen molar-refractivity contribution < 1.29 is 4.79 Å². The second kappa shape index (κ2) is 6.94. The van der Waals surface area contributed by atoms with E-state index in [9.17, 15) is 4.79 Å². The van der Waals surface area contributed by atoms with E-state index < -0.39 is 0 Å². The van der Waals surface area contributed by atoms with Crippen LogP contribution in [0.3, 0.4) is 0 Å². The summed E-state index contributed by atoms with van der Waals surface area (Å²) in [7, 11) is 0. The fraction of sp³-hybridized carbons (Fsp3) is 0.118. The predicted molar refractivity (Wildman–Crippen MR) is 86.5 cm³/mol. The summed E-state index contributed by atoms with van der Waals surface area (Å²) in [6.45, 7) is 2.19. The summed E-state index contributed by atoms with van der Waals surface area (Å²) in [6, 6.07) is 12.5. The van der Waals surface area contributed by atoms with Crippen molar-refractivity contribution in [2.24, 2.45) is 5.73 Å². The van der Waals surface area contributed by atoms with Crippen LogP contribution in [0.1, 0.15) is 21.5 Å². The lowest BCUT2D eigenvalue weighted by atomic mass is 10.1. The van der Waals surface area contributed by atoms with Crippen molar-refractivity contribution in [1.82, 2.24) is 0 Å². The number of aryl methyl sites for hydroxylation is 1. The van der Waals surface area contributed by atoms with Gasteiger partial charge in [0.2, 0.25) is 0 Å². The van der Waals surface area contributed by atoms with Gasteiger partial charge in [0.1, 0.15) is 0 Å². The number of carbonyl (C=O) groups excluding carboxylic acids is 1. The fourth-order valence-electron chi connectivity index (χ4n) is 1.85. The first kappa shape index (κ1) is 15.1. The maximum atomic E-state index is 12.3. The summed E-state index contributed by atoms with van der Waals surface area (Å²) in [4.78, 5) is 12.3. The Morgan fingerprint density at radius 1 is 1.29 bits per heavy atom. The second-order valence-corrected chi connectivity index (χ2v) is 4.94. The van der Waals surface area contributed by atoms with Gasteiger partial charge in [0.15, 0.2) is 0 Å². The standard InChI is InChI=1S/C17H15ClN2O/c1-12-10-15(18)7-8-16(12)20-17(21)14-6-2-4-13(11-14)5-3-9-19/h2,4,6-8,10-11H,9,19H2,1H3,(H,20,21). The van der Waals surface area contributed by atoms with Crippen molar-refractivity contribution in [2.45, 2.75) is 6.92 Å². The SMILES string of the molecule is Cc1cc(Cl)ccc1NC(=O)c1cccc(C#CCN)c1. The van der Waals surface area contributed by atoms with Crippen LogP contribution in [0.2, 0.25) is 5.02 Å². The lowest BCUT2D eigenvalue weighted by Crippen LogP contribution is -2.12. The minimum Gasteiger partial charge on any atom is -0.322 e. The van der Waals surface area contributed by atoms with E-state index in [-0.39, 0.29) is 5.91 Å². The molecule has 2 aromatic carbocycles. The Morgan fingerprint density at radius 3 is 2.81 bits per heavy atom. The molecule has 0 spiro atoms. The Balaban J connectivity index is 2.20. The van der Waals surface area contributed by atoms with E-state index in [1.54, 1.807) is 36.4 Å². The molecule has 4 heteroatoms. The first-order valence-electron chi connectivity index (χ1n) is 6.46. The smallest absolute Gasteiger partial charge is 0.255 e. The molecule has 0 aliphatic rings. The third kappa shape index (κ3) is 4.09. The van der Waals surface area contributed by atoms with E-state index in [1.807, 2.05) is 13.0 Å². The van der Waals surface area contributed by atoms with Crippen molar-refractivity contribution in [1.29, 1.82) is 0 Å². The zero-order chi connectivity index (χ0) is 15.2. The molecule has 2 aromatic rings. The van der Waals surface area contributed by atoms with Crippen LogP contribution in [-0.4, -0.2) is 12.5 Å². The van der Waals surface area contributed by atoms with Gasteiger partial charge in [-0.25, -0.2) is 0 Å². The average molecular weight is 299 g/mol. The number of benzene rings is 2. The topological polar surface area (TPSA) is 55.1 Å². The van der Waals surface area contributed by atoms with E-state index in [2.05, 4.69) is 17.2 Å². The quantitative estimate of drug-likeness (QED) is 0.837. The van der Waals surface area contributed by atoms with E-state index in [0.717, 1.165) is 16.8 Å². The number of carbonyl (C=O) groups is 1. The Morgan fingerprint density at radius 2 is 2.10 bits per heavy atom. The fourth-order valence-corrected chi connectivity index (χ4v) is 2.08. The third-order valence-electron chi connectivity index (χ3n) is 2.90. The molecule has 0 bridgehead atoms. The van der Waals surface area contributed by atoms with Gasteiger partial charge in [0.25, 0.3) is 5.91 Å². The minimum absolute atomic E-state index is 0.183. The van der Waals surface area contributed by atoms with Gasteiger partial charge < -0.3 is 11.1 Å². The molecule has 0 saturated carbocycles. The van der Waals surface area contributed by atoms with Gasteiger partial charge in [-0.3, -0.25) is 4.79 Å². The molecule has 2 rings (SSSR count). The molecule has 3 nitrogen and oxygen atoms in total. The maximum Gasteiger partial charge on any atom is 0.255 e. The van der Waals surface area contributed by atoms with Gasteiger partial charge in [-0.2, -0.15) is 0 Å². The number of amides is 1. The number of rotatable bonds is 2. The lowest BCUT2D eigenvalue weighted by molar-refractivity contribution is 0.102. The molecule has 0 saturated heterocycles. The minimum atomic E-state index is -0.183. The highest BCUT2D eigenvalue weighted by Gasteiger charge is 2.08. The molecule has 0 fully saturated rings. The molecule has 106 valence electrons. The van der Waals surface area contributed by atoms with Crippen LogP contribution in [0.25, 0.3) is 0 Å². The van der Waals surface area contributed by atoms with E-state index >= 15 is 0 Å². The highest BCUT2D eigenvalue weighted by molar-refractivity contribution is 6.30. The van der Waals surface area contributed by atoms with Crippen LogP contribution in [0.5, 0.6) is 0 Å². The predicted octanol–water partition coefficient (Wildman–Crippen LogP) is 3.21. The normalized spacial score (nSPS) is 9.67. The summed E-state index contributed by atoms with van der Waals surface area (Å²) in [5.41, 5.74) is 8.31. The molecule has 3 N–H and O–H groups in total. The zero-order valence-corrected chi connectivity index (χ0v) is 12.4. The van der Waals surface area contributed by atoms with Gasteiger partial charge in [-0.1, -0.05) is 29.5 Å². The number of halogens is 1. The summed E-state index contributed by atoms with van der Waals surface area (Å²) < 4.78 is 0. The molecular formula is C17H15ClN2O. The second-order valence-electron chi connectivity index (χ2n) is 4.50. The van der Waals surface area contributed by atoms with Crippen molar-refractivity contribution in [3.63, 3.8) is 0 Å². The number of nitrogens with one attached hydrogen (secondary N) is 1. The third-order valence-corrected chi connectivity index (χ3v) is 3.13. The monoisotopic (exact) mass is 298 g/mol. The number of hydrogen-bond acceptors (Lipinski definition) is 2. The molecular weight excluding hydrogens is 284 g/mol. The molecule has 0 heterocycles. The van der Waals surface area contributed by atoms with Gasteiger partial charge >= 0.3 is 0 Å². The summed E-state index contributed by atoms with van der Waals surface area (Å²) in [6.07, 6.45) is 0. The molecule has 0 aliphatic heterocycles. The summed E-state index contributed by atoms with van der Waals surface area (Å²) >= 11 is 5.90. The van der Waals surface area contributed by atoms with Crippen LogP contribution in [0.15, 0.2) is 42.5 Å². The van der Waals surface area contributed by atoms with Crippen LogP contribution >= 0.6 is 11.6 Å². The van der Waals surface area contributed by atoms with E-state index in [1.165, 1.54) is 0 Å². The van der Waals surface area contributed by atoms with E-state index in [0.29, 0.717) is 17.1 Å². The van der Waals surface area contributed by atoms with Gasteiger partial charge in [-0.05, 0) is 48.9 Å². The molecule has 0 radical (unpaired) electrons. The number of nitrogens with two attached hydrogens (primary N) is 1. The molecule has 1 amide bonds. The Hall–Kier alpha value is -2.28. The van der Waals surface area contributed by atoms with Gasteiger partial charge in [-0.15, -0.1) is 0 Å². The van der Waals surface area contributed by atoms with Crippen LogP contribution in [0.4, 0.5) is 5.69 Å². The van der Waals surface area contributed by atoms with Crippen LogP contribution in [-0.2, 0) is 0 Å². The maximum absolute atomic E-state index is 12.3. The van der Waals surface area contributed by atoms with E-state index in [4.69, 9.17) is 17.3 Å². The summed E-state index contributed by atoms with van der Waals surface area (Å²) in [5.74, 6) is 5.49. The molecule has 21 heavy (non-hydrogen) atoms. The van der Waals surface area contributed by atoms with Crippen molar-refractivity contribution in [2.75, 3.05) is 11.9 Å². The average Bonchev–Trinajstić information content (AvgIpc) is 2.48. The molecule has 0 aliphatic carbocycles. The largest absolute Gasteiger partial charge is 0.322 e. The highest BCUT2D eigenvalue weighted by atomic mass is 35.5. The Bertz CT molecular complexity index is 729. The Labute approximate surface area is 129 Å². The van der Waals surface area contributed by atoms with Gasteiger partial charge in [0.05, 0.1) is 6.54 Å². The van der Waals surface area contributed by atoms with Crippen molar-refractivity contribution in [3.8, 4) is 11.8 Å². The highest BCUT2D eigenvalue weighted by Crippen LogP contribution is 2.20. The van der Waals surface area contributed by atoms with Gasteiger partial charge in [0, 0.05) is 21.8 Å². The molecule has 0 aromatic heterocycles. The van der Waals surface area contributed by atoms with Crippen molar-refractivity contribution in [3.05, 3.63) is 64.2 Å². The first-order chi connectivity index (χ1) is 10.1. The lowest BCUT2D eigenvalue weighted by Gasteiger charge is -2.09. The van der Waals surface area contributed by atoms with Crippen LogP contribution < -0.4 is 11.1 Å². The Kier molecular flexibility index (Phi) is 4.99. The van der Waals surface area contributed by atoms with Crippen molar-refractivity contribution >= 4 is 23.2 Å². The molecule has 0 atom stereocenters.